The van der Waals surface area contributed by atoms with Crippen molar-refractivity contribution in [2.24, 2.45) is 7.05 Å². The monoisotopic (exact) mass is 344 g/mol. The summed E-state index contributed by atoms with van der Waals surface area (Å²) in [4.78, 5) is 18.0. The molecule has 2 aromatic rings. The molecule has 2 aliphatic heterocycles. The van der Waals surface area contributed by atoms with Crippen LogP contribution in [0.3, 0.4) is 0 Å². The maximum Gasteiger partial charge on any atom is 0.227 e. The van der Waals surface area contributed by atoms with Gasteiger partial charge in [0.1, 0.15) is 18.0 Å². The van der Waals surface area contributed by atoms with Gasteiger partial charge in [-0.25, -0.2) is 9.97 Å². The number of morpholine rings is 1. The molecule has 9 nitrogen and oxygen atoms in total. The minimum Gasteiger partial charge on any atom is -0.378 e. The molecule has 0 aromatic carbocycles. The standard InChI is InChI=1S/C16H24N8O/c1-22-15(18-12-19-22)11-23-5-3-13(10-23)20-14-2-4-17-16(21-14)24-6-8-25-9-7-24/h2,4,12-13H,3,5-11H2,1H3,(H,17,20,21). The molecule has 4 rings (SSSR count). The molecule has 9 heteroatoms. The molecule has 134 valence electrons. The minimum atomic E-state index is 0.390. The highest BCUT2D eigenvalue weighted by Gasteiger charge is 2.24. The number of rotatable bonds is 5. The number of aromatic nitrogens is 5. The van der Waals surface area contributed by atoms with E-state index in [1.165, 1.54) is 0 Å². The Morgan fingerprint density at radius 3 is 2.92 bits per heavy atom. The summed E-state index contributed by atoms with van der Waals surface area (Å²) >= 11 is 0. The van der Waals surface area contributed by atoms with Crippen molar-refractivity contribution in [1.82, 2.24) is 29.6 Å². The Bertz CT molecular complexity index is 699. The number of nitrogens with zero attached hydrogens (tertiary/aromatic N) is 7. The van der Waals surface area contributed by atoms with Gasteiger partial charge >= 0.3 is 0 Å². The van der Waals surface area contributed by atoms with Crippen molar-refractivity contribution in [2.45, 2.75) is 19.0 Å². The Kier molecular flexibility index (Phi) is 4.75. The molecular formula is C16H24N8O. The number of ether oxygens (including phenoxy) is 1. The number of nitrogens with one attached hydrogen (secondary N) is 1. The van der Waals surface area contributed by atoms with Crippen molar-refractivity contribution in [1.29, 1.82) is 0 Å². The van der Waals surface area contributed by atoms with Gasteiger partial charge in [-0.2, -0.15) is 10.1 Å². The third-order valence-corrected chi connectivity index (χ3v) is 4.73. The first-order valence-corrected chi connectivity index (χ1v) is 8.75. The summed E-state index contributed by atoms with van der Waals surface area (Å²) in [6.45, 7) is 6.02. The van der Waals surface area contributed by atoms with Gasteiger partial charge < -0.3 is 15.0 Å². The normalized spacial score (nSPS) is 21.6. The summed E-state index contributed by atoms with van der Waals surface area (Å²) in [5.41, 5.74) is 0. The lowest BCUT2D eigenvalue weighted by Gasteiger charge is -2.27. The molecule has 1 unspecified atom stereocenters. The van der Waals surface area contributed by atoms with Gasteiger partial charge in [-0.15, -0.1) is 0 Å². The number of anilines is 2. The first-order chi connectivity index (χ1) is 12.3. The van der Waals surface area contributed by atoms with Crippen molar-refractivity contribution in [3.8, 4) is 0 Å². The molecule has 2 aromatic heterocycles. The van der Waals surface area contributed by atoms with Gasteiger partial charge in [-0.3, -0.25) is 9.58 Å². The number of aryl methyl sites for hydroxylation is 1. The number of likely N-dealkylation sites (tertiary alicyclic amines) is 1. The minimum absolute atomic E-state index is 0.390. The van der Waals surface area contributed by atoms with E-state index in [-0.39, 0.29) is 0 Å². The van der Waals surface area contributed by atoms with Crippen molar-refractivity contribution >= 4 is 11.8 Å². The second-order valence-electron chi connectivity index (χ2n) is 6.51. The largest absolute Gasteiger partial charge is 0.378 e. The molecule has 0 spiro atoms. The molecule has 0 aliphatic carbocycles. The third-order valence-electron chi connectivity index (χ3n) is 4.73. The fraction of sp³-hybridized carbons (Fsp3) is 0.625. The predicted molar refractivity (Wildman–Crippen MR) is 93.4 cm³/mol. The van der Waals surface area contributed by atoms with Gasteiger partial charge in [0, 0.05) is 45.5 Å². The van der Waals surface area contributed by atoms with Gasteiger partial charge in [-0.1, -0.05) is 0 Å². The molecule has 25 heavy (non-hydrogen) atoms. The van der Waals surface area contributed by atoms with Crippen LogP contribution in [0, 0.1) is 0 Å². The zero-order valence-corrected chi connectivity index (χ0v) is 14.5. The second-order valence-corrected chi connectivity index (χ2v) is 6.51. The molecule has 2 saturated heterocycles. The topological polar surface area (TPSA) is 84.2 Å². The van der Waals surface area contributed by atoms with E-state index in [9.17, 15) is 0 Å². The van der Waals surface area contributed by atoms with Gasteiger partial charge in [0.05, 0.1) is 19.8 Å². The Morgan fingerprint density at radius 1 is 1.24 bits per heavy atom. The van der Waals surface area contributed by atoms with Crippen LogP contribution in [0.4, 0.5) is 11.8 Å². The zero-order chi connectivity index (χ0) is 17.1. The third kappa shape index (κ3) is 3.88. The lowest BCUT2D eigenvalue weighted by Crippen LogP contribution is -2.37. The average molecular weight is 344 g/mol. The Labute approximate surface area is 147 Å². The van der Waals surface area contributed by atoms with Crippen molar-refractivity contribution in [2.75, 3.05) is 49.6 Å². The highest BCUT2D eigenvalue weighted by molar-refractivity contribution is 5.42. The molecule has 0 saturated carbocycles. The van der Waals surface area contributed by atoms with E-state index in [1.54, 1.807) is 6.33 Å². The first-order valence-electron chi connectivity index (χ1n) is 8.75. The summed E-state index contributed by atoms with van der Waals surface area (Å²) in [6, 6.07) is 2.33. The first kappa shape index (κ1) is 16.2. The summed E-state index contributed by atoms with van der Waals surface area (Å²) in [6.07, 6.45) is 4.52. The second kappa shape index (κ2) is 7.32. The zero-order valence-electron chi connectivity index (χ0n) is 14.5. The molecule has 0 amide bonds. The molecule has 0 bridgehead atoms. The quantitative estimate of drug-likeness (QED) is 0.819. The van der Waals surface area contributed by atoms with E-state index in [0.717, 1.165) is 69.9 Å². The predicted octanol–water partition coefficient (Wildman–Crippen LogP) is 0.128. The smallest absolute Gasteiger partial charge is 0.227 e. The van der Waals surface area contributed by atoms with E-state index in [2.05, 4.69) is 35.2 Å². The SMILES string of the molecule is Cn1ncnc1CN1CCC(Nc2ccnc(N3CCOCC3)n2)C1. The fourth-order valence-corrected chi connectivity index (χ4v) is 3.31. The van der Waals surface area contributed by atoms with E-state index >= 15 is 0 Å². The summed E-state index contributed by atoms with van der Waals surface area (Å²) in [5, 5.41) is 7.68. The lowest BCUT2D eigenvalue weighted by atomic mass is 10.2. The highest BCUT2D eigenvalue weighted by atomic mass is 16.5. The van der Waals surface area contributed by atoms with Crippen molar-refractivity contribution in [3.05, 3.63) is 24.4 Å². The average Bonchev–Trinajstić information content (AvgIpc) is 3.26. The molecule has 1 N–H and O–H groups in total. The van der Waals surface area contributed by atoms with Crippen LogP contribution in [0.15, 0.2) is 18.6 Å². The van der Waals surface area contributed by atoms with Crippen LogP contribution in [0.2, 0.25) is 0 Å². The lowest BCUT2D eigenvalue weighted by molar-refractivity contribution is 0.122. The molecule has 4 heterocycles. The maximum absolute atomic E-state index is 5.39. The van der Waals surface area contributed by atoms with Crippen LogP contribution < -0.4 is 10.2 Å². The van der Waals surface area contributed by atoms with Crippen molar-refractivity contribution in [3.63, 3.8) is 0 Å². The van der Waals surface area contributed by atoms with E-state index in [1.807, 2.05) is 24.0 Å². The van der Waals surface area contributed by atoms with Gasteiger partial charge in [-0.05, 0) is 12.5 Å². The summed E-state index contributed by atoms with van der Waals surface area (Å²) < 4.78 is 7.23. The maximum atomic E-state index is 5.39. The van der Waals surface area contributed by atoms with Crippen LogP contribution in [-0.4, -0.2) is 75.1 Å². The number of hydrogen-bond acceptors (Lipinski definition) is 8. The molecule has 1 atom stereocenters. The Balaban J connectivity index is 1.34. The summed E-state index contributed by atoms with van der Waals surface area (Å²) in [5.74, 6) is 2.67. The Hall–Kier alpha value is -2.26. The molecule has 2 aliphatic rings. The van der Waals surface area contributed by atoms with Crippen LogP contribution in [0.1, 0.15) is 12.2 Å². The van der Waals surface area contributed by atoms with Crippen LogP contribution in [0.25, 0.3) is 0 Å². The van der Waals surface area contributed by atoms with E-state index in [4.69, 9.17) is 4.74 Å². The molecule has 0 radical (unpaired) electrons. The van der Waals surface area contributed by atoms with E-state index < -0.39 is 0 Å². The van der Waals surface area contributed by atoms with Gasteiger partial charge in [0.15, 0.2) is 0 Å². The fourth-order valence-electron chi connectivity index (χ4n) is 3.31. The van der Waals surface area contributed by atoms with Crippen molar-refractivity contribution < 1.29 is 4.74 Å². The van der Waals surface area contributed by atoms with Crippen LogP contribution >= 0.6 is 0 Å². The summed E-state index contributed by atoms with van der Waals surface area (Å²) in [7, 11) is 1.93. The van der Waals surface area contributed by atoms with E-state index in [0.29, 0.717) is 6.04 Å². The van der Waals surface area contributed by atoms with Gasteiger partial charge in [0.2, 0.25) is 5.95 Å². The van der Waals surface area contributed by atoms with Crippen LogP contribution in [0.5, 0.6) is 0 Å². The molecular weight excluding hydrogens is 320 g/mol. The Morgan fingerprint density at radius 2 is 2.12 bits per heavy atom. The molecule has 2 fully saturated rings. The highest BCUT2D eigenvalue weighted by Crippen LogP contribution is 2.18. The number of hydrogen-bond donors (Lipinski definition) is 1. The van der Waals surface area contributed by atoms with Crippen LogP contribution in [-0.2, 0) is 18.3 Å². The van der Waals surface area contributed by atoms with Gasteiger partial charge in [0.25, 0.3) is 0 Å².